The van der Waals surface area contributed by atoms with Crippen LogP contribution in [0.4, 0.5) is 11.6 Å². The molecule has 106 valence electrons. The molecule has 1 aliphatic carbocycles. The van der Waals surface area contributed by atoms with Crippen molar-refractivity contribution in [2.45, 2.75) is 45.6 Å². The minimum Gasteiger partial charge on any atom is -0.395 e. The highest BCUT2D eigenvalue weighted by Crippen LogP contribution is 2.33. The van der Waals surface area contributed by atoms with Gasteiger partial charge in [0, 0.05) is 31.6 Å². The maximum atomic E-state index is 9.26. The third-order valence-corrected chi connectivity index (χ3v) is 3.48. The van der Waals surface area contributed by atoms with Crippen LogP contribution in [0.15, 0.2) is 0 Å². The first-order valence-corrected chi connectivity index (χ1v) is 7.14. The molecule has 1 fully saturated rings. The molecule has 5 nitrogen and oxygen atoms in total. The zero-order valence-corrected chi connectivity index (χ0v) is 12.1. The second-order valence-electron chi connectivity index (χ2n) is 5.09. The quantitative estimate of drug-likeness (QED) is 0.785. The molecule has 0 aliphatic heterocycles. The lowest BCUT2D eigenvalue weighted by molar-refractivity contribution is 0.301. The van der Waals surface area contributed by atoms with Crippen molar-refractivity contribution in [3.63, 3.8) is 0 Å². The van der Waals surface area contributed by atoms with Crippen LogP contribution in [0, 0.1) is 6.92 Å². The second kappa shape index (κ2) is 6.19. The minimum atomic E-state index is 0.165. The Morgan fingerprint density at radius 3 is 2.63 bits per heavy atom. The van der Waals surface area contributed by atoms with Crippen LogP contribution in [0.5, 0.6) is 0 Å². The molecule has 0 aromatic carbocycles. The molecular weight excluding hydrogens is 240 g/mol. The summed E-state index contributed by atoms with van der Waals surface area (Å²) in [5.74, 6) is 2.77. The van der Waals surface area contributed by atoms with Gasteiger partial charge in [0.2, 0.25) is 0 Å². The van der Waals surface area contributed by atoms with E-state index in [1.54, 1.807) is 0 Å². The van der Waals surface area contributed by atoms with E-state index in [4.69, 9.17) is 4.98 Å². The summed E-state index contributed by atoms with van der Waals surface area (Å²) in [6.07, 6.45) is 4.32. The van der Waals surface area contributed by atoms with Gasteiger partial charge in [-0.1, -0.05) is 6.92 Å². The van der Waals surface area contributed by atoms with Crippen LogP contribution in [0.2, 0.25) is 0 Å². The number of nitrogens with one attached hydrogen (secondary N) is 1. The van der Waals surface area contributed by atoms with Crippen molar-refractivity contribution in [1.82, 2.24) is 9.97 Å². The second-order valence-corrected chi connectivity index (χ2v) is 5.09. The van der Waals surface area contributed by atoms with E-state index in [-0.39, 0.29) is 6.61 Å². The van der Waals surface area contributed by atoms with Gasteiger partial charge in [0.1, 0.15) is 17.5 Å². The van der Waals surface area contributed by atoms with Gasteiger partial charge in [-0.3, -0.25) is 0 Å². The van der Waals surface area contributed by atoms with E-state index in [2.05, 4.69) is 22.1 Å². The summed E-state index contributed by atoms with van der Waals surface area (Å²) in [6, 6.07) is 0.542. The lowest BCUT2D eigenvalue weighted by atomic mass is 10.2. The Hall–Kier alpha value is -1.36. The molecule has 1 saturated carbocycles. The van der Waals surface area contributed by atoms with Crippen LogP contribution in [-0.2, 0) is 6.42 Å². The van der Waals surface area contributed by atoms with Gasteiger partial charge in [0.05, 0.1) is 6.61 Å². The lowest BCUT2D eigenvalue weighted by Gasteiger charge is -2.25. The maximum absolute atomic E-state index is 9.26. The monoisotopic (exact) mass is 264 g/mol. The van der Waals surface area contributed by atoms with Crippen molar-refractivity contribution in [2.24, 2.45) is 0 Å². The van der Waals surface area contributed by atoms with E-state index in [0.717, 1.165) is 35.9 Å². The van der Waals surface area contributed by atoms with E-state index < -0.39 is 0 Å². The van der Waals surface area contributed by atoms with E-state index in [0.29, 0.717) is 12.6 Å². The van der Waals surface area contributed by atoms with Crippen molar-refractivity contribution in [1.29, 1.82) is 0 Å². The summed E-state index contributed by atoms with van der Waals surface area (Å²) in [7, 11) is 1.89. The predicted molar refractivity (Wildman–Crippen MR) is 77.8 cm³/mol. The largest absolute Gasteiger partial charge is 0.395 e. The van der Waals surface area contributed by atoms with Crippen LogP contribution in [-0.4, -0.2) is 41.3 Å². The van der Waals surface area contributed by atoms with E-state index in [9.17, 15) is 5.11 Å². The molecule has 0 radical (unpaired) electrons. The van der Waals surface area contributed by atoms with E-state index in [1.807, 2.05) is 14.0 Å². The highest BCUT2D eigenvalue weighted by Gasteiger charge is 2.31. The van der Waals surface area contributed by atoms with Gasteiger partial charge >= 0.3 is 0 Å². The molecule has 0 amide bonds. The molecule has 1 aromatic heterocycles. The van der Waals surface area contributed by atoms with E-state index in [1.165, 1.54) is 12.8 Å². The molecule has 2 rings (SSSR count). The molecule has 0 spiro atoms. The molecule has 0 bridgehead atoms. The molecule has 1 aromatic rings. The highest BCUT2D eigenvalue weighted by molar-refractivity contribution is 5.59. The number of aliphatic hydroxyl groups is 1. The van der Waals surface area contributed by atoms with Gasteiger partial charge in [-0.2, -0.15) is 0 Å². The van der Waals surface area contributed by atoms with Gasteiger partial charge < -0.3 is 15.3 Å². The Bertz CT molecular complexity index is 432. The number of anilines is 2. The average Bonchev–Trinajstić information content (AvgIpc) is 3.23. The molecular formula is C14H24N4O. The molecule has 19 heavy (non-hydrogen) atoms. The van der Waals surface area contributed by atoms with Crippen molar-refractivity contribution in [3.05, 3.63) is 11.4 Å². The Morgan fingerprint density at radius 2 is 2.11 bits per heavy atom. The first kappa shape index (κ1) is 14.1. The Kier molecular flexibility index (Phi) is 4.58. The molecule has 0 saturated heterocycles. The fraction of sp³-hybridized carbons (Fsp3) is 0.714. The standard InChI is InChI=1S/C14H24N4O/c1-4-5-12-16-13(15-3)10(2)14(17-12)18(8-9-19)11-6-7-11/h11,19H,4-9H2,1-3H3,(H,15,16,17). The highest BCUT2D eigenvalue weighted by atomic mass is 16.3. The lowest BCUT2D eigenvalue weighted by Crippen LogP contribution is -2.31. The zero-order chi connectivity index (χ0) is 13.8. The number of aryl methyl sites for hydroxylation is 1. The van der Waals surface area contributed by atoms with Crippen LogP contribution >= 0.6 is 0 Å². The summed E-state index contributed by atoms with van der Waals surface area (Å²) in [6.45, 7) is 4.99. The Morgan fingerprint density at radius 1 is 1.37 bits per heavy atom. The van der Waals surface area contributed by atoms with Crippen molar-refractivity contribution in [3.8, 4) is 0 Å². The van der Waals surface area contributed by atoms with Crippen LogP contribution < -0.4 is 10.2 Å². The first-order chi connectivity index (χ1) is 9.21. The van der Waals surface area contributed by atoms with Crippen molar-refractivity contribution >= 4 is 11.6 Å². The average molecular weight is 264 g/mol. The van der Waals surface area contributed by atoms with Crippen LogP contribution in [0.3, 0.4) is 0 Å². The minimum absolute atomic E-state index is 0.165. The van der Waals surface area contributed by atoms with Gasteiger partial charge in [0.15, 0.2) is 0 Å². The van der Waals surface area contributed by atoms with Crippen LogP contribution in [0.1, 0.15) is 37.6 Å². The first-order valence-electron chi connectivity index (χ1n) is 7.14. The normalized spacial score (nSPS) is 14.5. The van der Waals surface area contributed by atoms with Gasteiger partial charge in [-0.25, -0.2) is 9.97 Å². The van der Waals surface area contributed by atoms with Crippen molar-refractivity contribution in [2.75, 3.05) is 30.4 Å². The number of aliphatic hydroxyl groups excluding tert-OH is 1. The number of hydrogen-bond acceptors (Lipinski definition) is 5. The summed E-state index contributed by atoms with van der Waals surface area (Å²) in [5, 5.41) is 12.4. The Balaban J connectivity index is 2.37. The number of hydrogen-bond donors (Lipinski definition) is 2. The fourth-order valence-corrected chi connectivity index (χ4v) is 2.36. The van der Waals surface area contributed by atoms with E-state index >= 15 is 0 Å². The van der Waals surface area contributed by atoms with Gasteiger partial charge in [0.25, 0.3) is 0 Å². The molecule has 0 atom stereocenters. The summed E-state index contributed by atoms with van der Waals surface area (Å²) in [4.78, 5) is 11.5. The third kappa shape index (κ3) is 3.15. The zero-order valence-electron chi connectivity index (χ0n) is 12.1. The summed E-state index contributed by atoms with van der Waals surface area (Å²) >= 11 is 0. The van der Waals surface area contributed by atoms with Gasteiger partial charge in [-0.15, -0.1) is 0 Å². The SMILES string of the molecule is CCCc1nc(NC)c(C)c(N(CCO)C2CC2)n1. The number of aromatic nitrogens is 2. The smallest absolute Gasteiger partial charge is 0.137 e. The molecule has 1 aliphatic rings. The fourth-order valence-electron chi connectivity index (χ4n) is 2.36. The molecule has 5 heteroatoms. The third-order valence-electron chi connectivity index (χ3n) is 3.48. The molecule has 0 unspecified atom stereocenters. The number of rotatable bonds is 7. The molecule has 1 heterocycles. The number of nitrogens with zero attached hydrogens (tertiary/aromatic N) is 3. The van der Waals surface area contributed by atoms with Crippen LogP contribution in [0.25, 0.3) is 0 Å². The summed E-state index contributed by atoms with van der Waals surface area (Å²) in [5.41, 5.74) is 1.07. The molecule has 2 N–H and O–H groups in total. The van der Waals surface area contributed by atoms with Gasteiger partial charge in [-0.05, 0) is 26.2 Å². The topological polar surface area (TPSA) is 61.3 Å². The Labute approximate surface area is 115 Å². The maximum Gasteiger partial charge on any atom is 0.137 e. The predicted octanol–water partition coefficient (Wildman–Crippen LogP) is 1.74. The van der Waals surface area contributed by atoms with Crippen molar-refractivity contribution < 1.29 is 5.11 Å². The summed E-state index contributed by atoms with van der Waals surface area (Å²) < 4.78 is 0.